The quantitative estimate of drug-likeness (QED) is 0.617. The molecule has 3 rings (SSSR count). The summed E-state index contributed by atoms with van der Waals surface area (Å²) in [5.41, 5.74) is 3.54. The van der Waals surface area contributed by atoms with E-state index in [9.17, 15) is 9.59 Å². The van der Waals surface area contributed by atoms with Crippen molar-refractivity contribution in [3.05, 3.63) is 57.3 Å². The first-order valence-electron chi connectivity index (χ1n) is 10.2. The summed E-state index contributed by atoms with van der Waals surface area (Å²) in [6.45, 7) is 5.82. The predicted molar refractivity (Wildman–Crippen MR) is 116 cm³/mol. The molecule has 1 atom stereocenters. The maximum Gasteiger partial charge on any atom is 0.242 e. The molecule has 6 heteroatoms. The molecule has 0 spiro atoms. The van der Waals surface area contributed by atoms with Crippen LogP contribution in [0.5, 0.6) is 0 Å². The molecule has 1 aromatic heterocycles. The summed E-state index contributed by atoms with van der Waals surface area (Å²) in [5, 5.41) is 2.11. The molecule has 1 aromatic carbocycles. The number of hydrogen-bond donors (Lipinski definition) is 0. The number of hydrogen-bond acceptors (Lipinski definition) is 4. The average Bonchev–Trinajstić information content (AvgIpc) is 3.21. The van der Waals surface area contributed by atoms with Crippen LogP contribution >= 0.6 is 11.3 Å². The standard InChI is InChI=1S/C23H30N2O3S/c1-4-21(26)24(12-5-14-28-3)16-22(27)25-13-10-20-19(11-15-29-20)23(25)18-8-6-17(2)7-9-18/h6-9,11,15,23H,4-5,10,12-14,16H2,1-3H3. The van der Waals surface area contributed by atoms with Gasteiger partial charge in [-0.1, -0.05) is 36.8 Å². The predicted octanol–water partition coefficient (Wildman–Crippen LogP) is 3.81. The molecule has 2 heterocycles. The molecule has 0 fully saturated rings. The minimum atomic E-state index is -0.0874. The van der Waals surface area contributed by atoms with E-state index in [1.807, 2.05) is 11.8 Å². The van der Waals surface area contributed by atoms with Crippen LogP contribution in [-0.2, 0) is 20.7 Å². The second-order valence-corrected chi connectivity index (χ2v) is 8.47. The minimum Gasteiger partial charge on any atom is -0.385 e. The molecule has 0 saturated carbocycles. The molecule has 1 aliphatic heterocycles. The molecule has 0 N–H and O–H groups in total. The van der Waals surface area contributed by atoms with Gasteiger partial charge in [-0.05, 0) is 42.3 Å². The second-order valence-electron chi connectivity index (χ2n) is 7.46. The Balaban J connectivity index is 1.83. The zero-order valence-corrected chi connectivity index (χ0v) is 18.3. The number of carbonyl (C=O) groups excluding carboxylic acids is 2. The summed E-state index contributed by atoms with van der Waals surface area (Å²) in [6.07, 6.45) is 1.99. The Labute approximate surface area is 177 Å². The van der Waals surface area contributed by atoms with Crippen molar-refractivity contribution in [1.29, 1.82) is 0 Å². The van der Waals surface area contributed by atoms with Crippen LogP contribution in [0, 0.1) is 6.92 Å². The van der Waals surface area contributed by atoms with Crippen molar-refractivity contribution < 1.29 is 14.3 Å². The fraction of sp³-hybridized carbons (Fsp3) is 0.478. The topological polar surface area (TPSA) is 49.9 Å². The van der Waals surface area contributed by atoms with E-state index in [0.717, 1.165) is 18.4 Å². The lowest BCUT2D eigenvalue weighted by Gasteiger charge is -2.37. The van der Waals surface area contributed by atoms with Crippen molar-refractivity contribution in [2.45, 2.75) is 39.2 Å². The van der Waals surface area contributed by atoms with Gasteiger partial charge < -0.3 is 14.5 Å². The van der Waals surface area contributed by atoms with E-state index in [4.69, 9.17) is 4.74 Å². The van der Waals surface area contributed by atoms with Gasteiger partial charge >= 0.3 is 0 Å². The highest BCUT2D eigenvalue weighted by Crippen LogP contribution is 2.37. The molecule has 0 aliphatic carbocycles. The van der Waals surface area contributed by atoms with E-state index in [0.29, 0.717) is 26.1 Å². The van der Waals surface area contributed by atoms with Crippen molar-refractivity contribution in [3.8, 4) is 0 Å². The van der Waals surface area contributed by atoms with Crippen molar-refractivity contribution in [3.63, 3.8) is 0 Å². The molecule has 0 saturated heterocycles. The summed E-state index contributed by atoms with van der Waals surface area (Å²) < 4.78 is 5.11. The Kier molecular flexibility index (Phi) is 7.45. The third-order valence-corrected chi connectivity index (χ3v) is 6.43. The van der Waals surface area contributed by atoms with Gasteiger partial charge in [-0.2, -0.15) is 0 Å². The summed E-state index contributed by atoms with van der Waals surface area (Å²) in [4.78, 5) is 30.7. The van der Waals surface area contributed by atoms with E-state index < -0.39 is 0 Å². The number of thiophene rings is 1. The zero-order chi connectivity index (χ0) is 20.8. The highest BCUT2D eigenvalue weighted by molar-refractivity contribution is 7.10. The number of amides is 2. The first-order chi connectivity index (χ1) is 14.0. The van der Waals surface area contributed by atoms with Crippen LogP contribution in [0.3, 0.4) is 0 Å². The summed E-state index contributed by atoms with van der Waals surface area (Å²) in [6, 6.07) is 10.5. The van der Waals surface area contributed by atoms with Crippen molar-refractivity contribution in [2.24, 2.45) is 0 Å². The Morgan fingerprint density at radius 1 is 1.24 bits per heavy atom. The van der Waals surface area contributed by atoms with Crippen LogP contribution in [0.1, 0.15) is 47.4 Å². The number of nitrogens with zero attached hydrogens (tertiary/aromatic N) is 2. The fourth-order valence-corrected chi connectivity index (χ4v) is 4.77. The van der Waals surface area contributed by atoms with Crippen LogP contribution < -0.4 is 0 Å². The first kappa shape index (κ1) is 21.5. The van der Waals surface area contributed by atoms with E-state index in [-0.39, 0.29) is 24.4 Å². The second kappa shape index (κ2) is 10.0. The Hall–Kier alpha value is -2.18. The molecule has 2 amide bonds. The summed E-state index contributed by atoms with van der Waals surface area (Å²) in [7, 11) is 1.65. The molecule has 156 valence electrons. The smallest absolute Gasteiger partial charge is 0.242 e. The van der Waals surface area contributed by atoms with Gasteiger partial charge in [-0.15, -0.1) is 11.3 Å². The molecule has 2 aromatic rings. The van der Waals surface area contributed by atoms with E-state index in [1.54, 1.807) is 23.3 Å². The van der Waals surface area contributed by atoms with E-state index in [2.05, 4.69) is 42.6 Å². The van der Waals surface area contributed by atoms with Gasteiger partial charge in [0.05, 0.1) is 12.6 Å². The Morgan fingerprint density at radius 3 is 2.69 bits per heavy atom. The highest BCUT2D eigenvalue weighted by Gasteiger charge is 2.33. The van der Waals surface area contributed by atoms with Gasteiger partial charge in [0.25, 0.3) is 0 Å². The van der Waals surface area contributed by atoms with Crippen LogP contribution in [0.15, 0.2) is 35.7 Å². The Bertz CT molecular complexity index is 831. The van der Waals surface area contributed by atoms with Crippen LogP contribution in [-0.4, -0.2) is 55.0 Å². The number of rotatable bonds is 8. The molecule has 0 radical (unpaired) electrons. The van der Waals surface area contributed by atoms with Gasteiger partial charge in [0, 0.05) is 38.1 Å². The number of methoxy groups -OCH3 is 1. The van der Waals surface area contributed by atoms with Gasteiger partial charge in [0.15, 0.2) is 0 Å². The van der Waals surface area contributed by atoms with Crippen LogP contribution in [0.4, 0.5) is 0 Å². The Morgan fingerprint density at radius 2 is 2.00 bits per heavy atom. The number of ether oxygens (including phenoxy) is 1. The minimum absolute atomic E-state index is 0.00615. The fourth-order valence-electron chi connectivity index (χ4n) is 3.86. The molecule has 1 unspecified atom stereocenters. The maximum atomic E-state index is 13.3. The lowest BCUT2D eigenvalue weighted by molar-refractivity contribution is -0.141. The number of aryl methyl sites for hydroxylation is 1. The van der Waals surface area contributed by atoms with Crippen LogP contribution in [0.2, 0.25) is 0 Å². The monoisotopic (exact) mass is 414 g/mol. The average molecular weight is 415 g/mol. The third-order valence-electron chi connectivity index (χ3n) is 5.44. The number of carbonyl (C=O) groups is 2. The van der Waals surface area contributed by atoms with Gasteiger partial charge in [-0.25, -0.2) is 0 Å². The molecular formula is C23H30N2O3S. The lowest BCUT2D eigenvalue weighted by atomic mass is 9.92. The van der Waals surface area contributed by atoms with E-state index >= 15 is 0 Å². The SMILES string of the molecule is CCC(=O)N(CCCOC)CC(=O)N1CCc2sccc2C1c1ccc(C)cc1. The molecule has 1 aliphatic rings. The van der Waals surface area contributed by atoms with Gasteiger partial charge in [0.1, 0.15) is 0 Å². The van der Waals surface area contributed by atoms with Gasteiger partial charge in [-0.3, -0.25) is 9.59 Å². The maximum absolute atomic E-state index is 13.3. The molecule has 5 nitrogen and oxygen atoms in total. The van der Waals surface area contributed by atoms with Crippen LogP contribution in [0.25, 0.3) is 0 Å². The molecule has 0 bridgehead atoms. The third kappa shape index (κ3) is 5.06. The zero-order valence-electron chi connectivity index (χ0n) is 17.5. The largest absolute Gasteiger partial charge is 0.385 e. The summed E-state index contributed by atoms with van der Waals surface area (Å²) >= 11 is 1.76. The normalized spacial score (nSPS) is 15.8. The van der Waals surface area contributed by atoms with Crippen molar-refractivity contribution in [2.75, 3.05) is 33.4 Å². The number of fused-ring (bicyclic) bond motifs is 1. The highest BCUT2D eigenvalue weighted by atomic mass is 32.1. The van der Waals surface area contributed by atoms with E-state index in [1.165, 1.54) is 16.0 Å². The van der Waals surface area contributed by atoms with Gasteiger partial charge in [0.2, 0.25) is 11.8 Å². The number of benzene rings is 1. The molecule has 29 heavy (non-hydrogen) atoms. The lowest BCUT2D eigenvalue weighted by Crippen LogP contribution is -2.47. The van der Waals surface area contributed by atoms with Crippen molar-refractivity contribution in [1.82, 2.24) is 9.80 Å². The first-order valence-corrected chi connectivity index (χ1v) is 11.1. The van der Waals surface area contributed by atoms with Crippen molar-refractivity contribution >= 4 is 23.2 Å². The molecular weight excluding hydrogens is 384 g/mol. The summed E-state index contributed by atoms with van der Waals surface area (Å²) in [5.74, 6) is 0.0150.